The second-order valence-corrected chi connectivity index (χ2v) is 6.81. The Kier molecular flexibility index (Phi) is 5.32. The van der Waals surface area contributed by atoms with Gasteiger partial charge in [0.25, 0.3) is 5.91 Å². The fourth-order valence-electron chi connectivity index (χ4n) is 3.28. The molecular formula is C24H18FN3O3. The Morgan fingerprint density at radius 2 is 1.74 bits per heavy atom. The van der Waals surface area contributed by atoms with Gasteiger partial charge in [0.05, 0.1) is 29.6 Å². The third kappa shape index (κ3) is 4.06. The number of nitrogens with two attached hydrogens (primary N) is 1. The number of benzene rings is 3. The van der Waals surface area contributed by atoms with E-state index in [9.17, 15) is 14.0 Å². The largest absolute Gasteiger partial charge is 0.495 e. The summed E-state index contributed by atoms with van der Waals surface area (Å²) >= 11 is 0. The Morgan fingerprint density at radius 1 is 1.00 bits per heavy atom. The zero-order chi connectivity index (χ0) is 22.0. The Balaban J connectivity index is 1.80. The molecule has 0 aliphatic rings. The van der Waals surface area contributed by atoms with Gasteiger partial charge in [0.1, 0.15) is 11.6 Å². The van der Waals surface area contributed by atoms with Crippen LogP contribution in [0.4, 0.5) is 10.1 Å². The third-order valence-corrected chi connectivity index (χ3v) is 4.83. The first-order valence-electron chi connectivity index (χ1n) is 9.41. The standard InChI is InChI=1S/C24H18FN3O3/c1-31-22-11-8-15(23(26)29)12-21(22)28-24(30)18-13-20(14-6-9-16(25)10-7-14)27-19-5-3-2-4-17(18)19/h2-13H,1H3,(H2,26,29)(H,28,30). The summed E-state index contributed by atoms with van der Waals surface area (Å²) in [7, 11) is 1.46. The summed E-state index contributed by atoms with van der Waals surface area (Å²) in [5.41, 5.74) is 8.10. The minimum Gasteiger partial charge on any atom is -0.495 e. The second kappa shape index (κ2) is 8.23. The average molecular weight is 415 g/mol. The van der Waals surface area contributed by atoms with E-state index in [1.54, 1.807) is 36.4 Å². The van der Waals surface area contributed by atoms with Gasteiger partial charge in [-0.15, -0.1) is 0 Å². The number of pyridine rings is 1. The lowest BCUT2D eigenvalue weighted by atomic mass is 10.0. The van der Waals surface area contributed by atoms with Crippen molar-refractivity contribution in [1.29, 1.82) is 0 Å². The van der Waals surface area contributed by atoms with E-state index in [-0.39, 0.29) is 11.4 Å². The predicted octanol–water partition coefficient (Wildman–Crippen LogP) is 4.40. The zero-order valence-corrected chi connectivity index (χ0v) is 16.6. The molecule has 0 aliphatic heterocycles. The maximum Gasteiger partial charge on any atom is 0.256 e. The molecule has 0 spiro atoms. The minimum atomic E-state index is -0.619. The van der Waals surface area contributed by atoms with Crippen molar-refractivity contribution in [2.75, 3.05) is 12.4 Å². The van der Waals surface area contributed by atoms with Crippen molar-refractivity contribution in [2.24, 2.45) is 5.73 Å². The van der Waals surface area contributed by atoms with Crippen LogP contribution in [-0.4, -0.2) is 23.9 Å². The first-order valence-corrected chi connectivity index (χ1v) is 9.41. The lowest BCUT2D eigenvalue weighted by molar-refractivity contribution is 0.0996. The molecule has 1 aromatic heterocycles. The molecule has 4 aromatic rings. The van der Waals surface area contributed by atoms with Crippen LogP contribution in [0.2, 0.25) is 0 Å². The van der Waals surface area contributed by atoms with Gasteiger partial charge in [0.2, 0.25) is 5.91 Å². The average Bonchev–Trinajstić information content (AvgIpc) is 2.78. The molecule has 154 valence electrons. The molecule has 6 nitrogen and oxygen atoms in total. The van der Waals surface area contributed by atoms with Crippen LogP contribution in [0.25, 0.3) is 22.2 Å². The highest BCUT2D eigenvalue weighted by Gasteiger charge is 2.17. The number of primary amides is 1. The number of para-hydroxylation sites is 1. The van der Waals surface area contributed by atoms with E-state index in [0.717, 1.165) is 0 Å². The number of carbonyl (C=O) groups is 2. The second-order valence-electron chi connectivity index (χ2n) is 6.81. The molecule has 3 aromatic carbocycles. The first-order chi connectivity index (χ1) is 15.0. The fraction of sp³-hybridized carbons (Fsp3) is 0.0417. The molecule has 0 saturated heterocycles. The molecule has 3 N–H and O–H groups in total. The van der Waals surface area contributed by atoms with Gasteiger partial charge in [-0.1, -0.05) is 18.2 Å². The van der Waals surface area contributed by atoms with Crippen molar-refractivity contribution in [3.8, 4) is 17.0 Å². The van der Waals surface area contributed by atoms with Crippen LogP contribution in [0.5, 0.6) is 5.75 Å². The number of fused-ring (bicyclic) bond motifs is 1. The van der Waals surface area contributed by atoms with Crippen LogP contribution >= 0.6 is 0 Å². The van der Waals surface area contributed by atoms with Crippen LogP contribution in [0.1, 0.15) is 20.7 Å². The lowest BCUT2D eigenvalue weighted by Gasteiger charge is -2.13. The summed E-state index contributed by atoms with van der Waals surface area (Å²) in [6, 6.07) is 19.3. The van der Waals surface area contributed by atoms with Crippen LogP contribution < -0.4 is 15.8 Å². The predicted molar refractivity (Wildman–Crippen MR) is 117 cm³/mol. The number of carbonyl (C=O) groups excluding carboxylic acids is 2. The van der Waals surface area contributed by atoms with Gasteiger partial charge < -0.3 is 15.8 Å². The first kappa shape index (κ1) is 20.0. The number of nitrogens with zero attached hydrogens (tertiary/aromatic N) is 1. The van der Waals surface area contributed by atoms with Gasteiger partial charge in [0.15, 0.2) is 0 Å². The third-order valence-electron chi connectivity index (χ3n) is 4.83. The van der Waals surface area contributed by atoms with E-state index >= 15 is 0 Å². The van der Waals surface area contributed by atoms with Crippen LogP contribution in [0, 0.1) is 5.82 Å². The van der Waals surface area contributed by atoms with Gasteiger partial charge in [-0.3, -0.25) is 9.59 Å². The van der Waals surface area contributed by atoms with Crippen LogP contribution in [0.3, 0.4) is 0 Å². The van der Waals surface area contributed by atoms with Crippen molar-refractivity contribution >= 4 is 28.4 Å². The molecule has 31 heavy (non-hydrogen) atoms. The van der Waals surface area contributed by atoms with Crippen molar-refractivity contribution in [3.05, 3.63) is 89.7 Å². The maximum atomic E-state index is 13.3. The van der Waals surface area contributed by atoms with Crippen molar-refractivity contribution in [2.45, 2.75) is 0 Å². The number of hydrogen-bond donors (Lipinski definition) is 2. The van der Waals surface area contributed by atoms with Crippen LogP contribution in [0.15, 0.2) is 72.8 Å². The number of ether oxygens (including phenoxy) is 1. The Bertz CT molecular complexity index is 1300. The lowest BCUT2D eigenvalue weighted by Crippen LogP contribution is -2.16. The molecule has 0 bridgehead atoms. The molecular weight excluding hydrogens is 397 g/mol. The molecule has 0 aliphatic carbocycles. The summed E-state index contributed by atoms with van der Waals surface area (Å²) in [5.74, 6) is -1.01. The molecule has 7 heteroatoms. The molecule has 1 heterocycles. The highest BCUT2D eigenvalue weighted by Crippen LogP contribution is 2.29. The number of amides is 2. The minimum absolute atomic E-state index is 0.239. The number of hydrogen-bond acceptors (Lipinski definition) is 4. The Morgan fingerprint density at radius 3 is 2.45 bits per heavy atom. The number of halogens is 1. The quantitative estimate of drug-likeness (QED) is 0.505. The highest BCUT2D eigenvalue weighted by atomic mass is 19.1. The summed E-state index contributed by atoms with van der Waals surface area (Å²) in [6.45, 7) is 0. The van der Waals surface area contributed by atoms with Crippen LogP contribution in [-0.2, 0) is 0 Å². The summed E-state index contributed by atoms with van der Waals surface area (Å²) < 4.78 is 18.6. The fourth-order valence-corrected chi connectivity index (χ4v) is 3.28. The monoisotopic (exact) mass is 415 g/mol. The Labute approximate surface area is 177 Å². The zero-order valence-electron chi connectivity index (χ0n) is 16.6. The SMILES string of the molecule is COc1ccc(C(N)=O)cc1NC(=O)c1cc(-c2ccc(F)cc2)nc2ccccc12. The molecule has 0 fully saturated rings. The van der Waals surface area contributed by atoms with Gasteiger partial charge in [-0.25, -0.2) is 9.37 Å². The van der Waals surface area contributed by atoms with E-state index in [1.165, 1.54) is 31.4 Å². The van der Waals surface area contributed by atoms with Gasteiger partial charge in [-0.05, 0) is 54.6 Å². The van der Waals surface area contributed by atoms with Crippen molar-refractivity contribution < 1.29 is 18.7 Å². The molecule has 2 amide bonds. The van der Waals surface area contributed by atoms with Gasteiger partial charge >= 0.3 is 0 Å². The summed E-state index contributed by atoms with van der Waals surface area (Å²) in [6.07, 6.45) is 0. The molecule has 4 rings (SSSR count). The molecule has 0 unspecified atom stereocenters. The van der Waals surface area contributed by atoms with Gasteiger partial charge in [-0.2, -0.15) is 0 Å². The van der Waals surface area contributed by atoms with E-state index in [1.807, 2.05) is 12.1 Å². The van der Waals surface area contributed by atoms with E-state index in [0.29, 0.717) is 39.2 Å². The van der Waals surface area contributed by atoms with Crippen molar-refractivity contribution in [3.63, 3.8) is 0 Å². The van der Waals surface area contributed by atoms with E-state index in [4.69, 9.17) is 10.5 Å². The van der Waals surface area contributed by atoms with E-state index < -0.39 is 11.8 Å². The van der Waals surface area contributed by atoms with Gasteiger partial charge in [0, 0.05) is 16.5 Å². The maximum absolute atomic E-state index is 13.3. The number of nitrogens with one attached hydrogen (secondary N) is 1. The summed E-state index contributed by atoms with van der Waals surface area (Å²) in [4.78, 5) is 29.4. The topological polar surface area (TPSA) is 94.3 Å². The summed E-state index contributed by atoms with van der Waals surface area (Å²) in [5, 5.41) is 3.44. The number of aromatic nitrogens is 1. The smallest absolute Gasteiger partial charge is 0.256 e. The number of methoxy groups -OCH3 is 1. The molecule has 0 saturated carbocycles. The van der Waals surface area contributed by atoms with Crippen molar-refractivity contribution in [1.82, 2.24) is 4.98 Å². The molecule has 0 radical (unpaired) electrons. The highest BCUT2D eigenvalue weighted by molar-refractivity contribution is 6.13. The molecule has 0 atom stereocenters. The van der Waals surface area contributed by atoms with E-state index in [2.05, 4.69) is 10.3 Å². The normalized spacial score (nSPS) is 10.6. The number of anilines is 1. The Hall–Kier alpha value is -4.26. The number of rotatable bonds is 5.